The van der Waals surface area contributed by atoms with Crippen LogP contribution in [0.1, 0.15) is 49.3 Å². The standard InChI is InChI=1S/C18H29NO/c1-5-11-19-17(18(20-4)9-6-10-18)13-16-12-14(2)7-8-15(16)3/h7-8,12,17,19H,5-6,9-11,13H2,1-4H3. The Morgan fingerprint density at radius 3 is 2.60 bits per heavy atom. The summed E-state index contributed by atoms with van der Waals surface area (Å²) in [5.74, 6) is 0. The smallest absolute Gasteiger partial charge is 0.0834 e. The second-order valence-corrected chi connectivity index (χ2v) is 6.26. The topological polar surface area (TPSA) is 21.3 Å². The van der Waals surface area contributed by atoms with E-state index in [0.29, 0.717) is 6.04 Å². The molecule has 0 radical (unpaired) electrons. The Morgan fingerprint density at radius 2 is 2.05 bits per heavy atom. The summed E-state index contributed by atoms with van der Waals surface area (Å²) in [5.41, 5.74) is 4.26. The van der Waals surface area contributed by atoms with Crippen LogP contribution in [0.15, 0.2) is 18.2 Å². The fourth-order valence-corrected chi connectivity index (χ4v) is 3.22. The average molecular weight is 275 g/mol. The van der Waals surface area contributed by atoms with Crippen molar-refractivity contribution in [2.75, 3.05) is 13.7 Å². The zero-order valence-corrected chi connectivity index (χ0v) is 13.5. The number of nitrogens with one attached hydrogen (secondary N) is 1. The zero-order valence-electron chi connectivity index (χ0n) is 13.5. The molecule has 0 amide bonds. The maximum Gasteiger partial charge on any atom is 0.0834 e. The zero-order chi connectivity index (χ0) is 14.6. The lowest BCUT2D eigenvalue weighted by atomic mass is 9.72. The van der Waals surface area contributed by atoms with E-state index >= 15 is 0 Å². The van der Waals surface area contributed by atoms with Gasteiger partial charge in [-0.3, -0.25) is 0 Å². The summed E-state index contributed by atoms with van der Waals surface area (Å²) in [7, 11) is 1.88. The molecule has 0 aliphatic heterocycles. The van der Waals surface area contributed by atoms with Crippen molar-refractivity contribution in [3.63, 3.8) is 0 Å². The van der Waals surface area contributed by atoms with Crippen LogP contribution in [0.2, 0.25) is 0 Å². The maximum absolute atomic E-state index is 5.91. The summed E-state index contributed by atoms with van der Waals surface area (Å²) in [6.45, 7) is 7.68. The van der Waals surface area contributed by atoms with E-state index in [1.54, 1.807) is 0 Å². The highest BCUT2D eigenvalue weighted by atomic mass is 16.5. The van der Waals surface area contributed by atoms with E-state index in [4.69, 9.17) is 4.74 Å². The summed E-state index contributed by atoms with van der Waals surface area (Å²) < 4.78 is 5.91. The first-order valence-corrected chi connectivity index (χ1v) is 7.96. The van der Waals surface area contributed by atoms with Gasteiger partial charge in [0.2, 0.25) is 0 Å². The second-order valence-electron chi connectivity index (χ2n) is 6.26. The van der Waals surface area contributed by atoms with Gasteiger partial charge in [-0.15, -0.1) is 0 Å². The first-order valence-electron chi connectivity index (χ1n) is 7.96. The van der Waals surface area contributed by atoms with Gasteiger partial charge in [0, 0.05) is 13.2 Å². The van der Waals surface area contributed by atoms with Crippen LogP contribution in [0.5, 0.6) is 0 Å². The van der Waals surface area contributed by atoms with Crippen LogP contribution >= 0.6 is 0 Å². The fraction of sp³-hybridized carbons (Fsp3) is 0.667. The lowest BCUT2D eigenvalue weighted by Gasteiger charge is -2.47. The van der Waals surface area contributed by atoms with E-state index in [1.165, 1.54) is 42.4 Å². The third kappa shape index (κ3) is 3.24. The van der Waals surface area contributed by atoms with Gasteiger partial charge in [-0.05, 0) is 63.6 Å². The van der Waals surface area contributed by atoms with Gasteiger partial charge in [-0.2, -0.15) is 0 Å². The molecule has 1 N–H and O–H groups in total. The summed E-state index contributed by atoms with van der Waals surface area (Å²) in [6, 6.07) is 7.20. The predicted octanol–water partition coefficient (Wildman–Crippen LogP) is 3.78. The summed E-state index contributed by atoms with van der Waals surface area (Å²) in [4.78, 5) is 0. The molecule has 112 valence electrons. The fourth-order valence-electron chi connectivity index (χ4n) is 3.22. The molecular formula is C18H29NO. The number of benzene rings is 1. The number of hydrogen-bond acceptors (Lipinski definition) is 2. The number of hydrogen-bond donors (Lipinski definition) is 1. The minimum atomic E-state index is 0.0609. The normalized spacial score (nSPS) is 18.6. The molecule has 2 rings (SSSR count). The highest BCUT2D eigenvalue weighted by Crippen LogP contribution is 2.39. The molecule has 0 saturated heterocycles. The van der Waals surface area contributed by atoms with E-state index < -0.39 is 0 Å². The first kappa shape index (κ1) is 15.5. The molecule has 1 unspecified atom stereocenters. The molecule has 1 aromatic carbocycles. The van der Waals surface area contributed by atoms with Gasteiger partial charge in [0.15, 0.2) is 0 Å². The van der Waals surface area contributed by atoms with Gasteiger partial charge >= 0.3 is 0 Å². The Balaban J connectivity index is 2.16. The Bertz CT molecular complexity index is 432. The van der Waals surface area contributed by atoms with Gasteiger partial charge in [-0.1, -0.05) is 30.7 Å². The van der Waals surface area contributed by atoms with Crippen molar-refractivity contribution in [3.05, 3.63) is 34.9 Å². The van der Waals surface area contributed by atoms with E-state index in [0.717, 1.165) is 13.0 Å². The molecule has 0 bridgehead atoms. The first-order chi connectivity index (χ1) is 9.61. The third-order valence-corrected chi connectivity index (χ3v) is 4.81. The minimum absolute atomic E-state index is 0.0609. The molecule has 2 nitrogen and oxygen atoms in total. The number of ether oxygens (including phenoxy) is 1. The van der Waals surface area contributed by atoms with Crippen molar-refractivity contribution in [2.45, 2.75) is 64.5 Å². The number of aryl methyl sites for hydroxylation is 2. The van der Waals surface area contributed by atoms with E-state index in [9.17, 15) is 0 Å². The quantitative estimate of drug-likeness (QED) is 0.817. The third-order valence-electron chi connectivity index (χ3n) is 4.81. The lowest BCUT2D eigenvalue weighted by Crippen LogP contribution is -2.57. The van der Waals surface area contributed by atoms with Crippen LogP contribution in [-0.2, 0) is 11.2 Å². The Morgan fingerprint density at radius 1 is 1.30 bits per heavy atom. The van der Waals surface area contributed by atoms with Crippen LogP contribution in [0.4, 0.5) is 0 Å². The highest BCUT2D eigenvalue weighted by Gasteiger charge is 2.44. The number of rotatable bonds is 7. The molecule has 0 heterocycles. The van der Waals surface area contributed by atoms with Crippen molar-refractivity contribution < 1.29 is 4.74 Å². The van der Waals surface area contributed by atoms with Crippen LogP contribution in [0, 0.1) is 13.8 Å². The van der Waals surface area contributed by atoms with Gasteiger partial charge in [0.25, 0.3) is 0 Å². The highest BCUT2D eigenvalue weighted by molar-refractivity contribution is 5.31. The van der Waals surface area contributed by atoms with Crippen molar-refractivity contribution in [1.29, 1.82) is 0 Å². The van der Waals surface area contributed by atoms with Crippen molar-refractivity contribution in [1.82, 2.24) is 5.32 Å². The van der Waals surface area contributed by atoms with E-state index in [1.807, 2.05) is 7.11 Å². The molecule has 1 aliphatic rings. The molecule has 1 atom stereocenters. The molecule has 0 spiro atoms. The summed E-state index contributed by atoms with van der Waals surface area (Å²) >= 11 is 0. The maximum atomic E-state index is 5.91. The average Bonchev–Trinajstić information content (AvgIpc) is 2.39. The van der Waals surface area contributed by atoms with Crippen LogP contribution < -0.4 is 5.32 Å². The molecule has 1 saturated carbocycles. The molecule has 1 fully saturated rings. The van der Waals surface area contributed by atoms with Gasteiger partial charge in [0.05, 0.1) is 5.60 Å². The summed E-state index contributed by atoms with van der Waals surface area (Å²) in [5, 5.41) is 3.73. The van der Waals surface area contributed by atoms with Gasteiger partial charge in [0.1, 0.15) is 0 Å². The van der Waals surface area contributed by atoms with Crippen molar-refractivity contribution >= 4 is 0 Å². The van der Waals surface area contributed by atoms with Crippen LogP contribution in [0.25, 0.3) is 0 Å². The lowest BCUT2D eigenvalue weighted by molar-refractivity contribution is -0.0980. The van der Waals surface area contributed by atoms with Crippen LogP contribution in [0.3, 0.4) is 0 Å². The van der Waals surface area contributed by atoms with E-state index in [-0.39, 0.29) is 5.60 Å². The molecule has 1 aliphatic carbocycles. The molecule has 20 heavy (non-hydrogen) atoms. The predicted molar refractivity (Wildman–Crippen MR) is 85.3 cm³/mol. The van der Waals surface area contributed by atoms with Crippen molar-refractivity contribution in [3.8, 4) is 0 Å². The van der Waals surface area contributed by atoms with E-state index in [2.05, 4.69) is 44.3 Å². The molecular weight excluding hydrogens is 246 g/mol. The van der Waals surface area contributed by atoms with Crippen LogP contribution in [-0.4, -0.2) is 25.3 Å². The second kappa shape index (κ2) is 6.73. The summed E-state index contributed by atoms with van der Waals surface area (Å²) in [6.07, 6.45) is 5.92. The SMILES string of the molecule is CCCNC(Cc1cc(C)ccc1C)C1(OC)CCC1. The van der Waals surface area contributed by atoms with Gasteiger partial charge < -0.3 is 10.1 Å². The number of methoxy groups -OCH3 is 1. The molecule has 0 aromatic heterocycles. The largest absolute Gasteiger partial charge is 0.377 e. The molecule has 1 aromatic rings. The van der Waals surface area contributed by atoms with Gasteiger partial charge in [-0.25, -0.2) is 0 Å². The molecule has 2 heteroatoms. The Kier molecular flexibility index (Phi) is 5.22. The Hall–Kier alpha value is -0.860. The Labute approximate surface area is 123 Å². The monoisotopic (exact) mass is 275 g/mol. The minimum Gasteiger partial charge on any atom is -0.377 e. The van der Waals surface area contributed by atoms with Crippen molar-refractivity contribution in [2.24, 2.45) is 0 Å².